The van der Waals surface area contributed by atoms with Crippen molar-refractivity contribution in [2.45, 2.75) is 18.9 Å². The Kier molecular flexibility index (Phi) is 4.02. The normalized spacial score (nSPS) is 18.6. The van der Waals surface area contributed by atoms with E-state index >= 15 is 0 Å². The van der Waals surface area contributed by atoms with Crippen LogP contribution in [0.5, 0.6) is 5.75 Å². The fourth-order valence-corrected chi connectivity index (χ4v) is 2.69. The van der Waals surface area contributed by atoms with Gasteiger partial charge in [-0.2, -0.15) is 5.10 Å². The van der Waals surface area contributed by atoms with Gasteiger partial charge in [0, 0.05) is 19.8 Å². The molecule has 3 rings (SSSR count). The van der Waals surface area contributed by atoms with Gasteiger partial charge in [0.25, 0.3) is 5.91 Å². The third-order valence-corrected chi connectivity index (χ3v) is 3.85. The molecular weight excluding hydrogens is 309 g/mol. The predicted octanol–water partition coefficient (Wildman–Crippen LogP) is 2.79. The summed E-state index contributed by atoms with van der Waals surface area (Å²) in [6, 6.07) is 3.87. The highest BCUT2D eigenvalue weighted by Crippen LogP contribution is 2.29. The summed E-state index contributed by atoms with van der Waals surface area (Å²) in [4.78, 5) is 14.2. The van der Waals surface area contributed by atoms with Crippen molar-refractivity contribution in [2.24, 2.45) is 7.05 Å². The Hall–Kier alpha value is -2.08. The van der Waals surface area contributed by atoms with Gasteiger partial charge < -0.3 is 9.64 Å². The molecule has 22 heavy (non-hydrogen) atoms. The average Bonchev–Trinajstić information content (AvgIpc) is 2.90. The van der Waals surface area contributed by atoms with E-state index in [1.807, 2.05) is 0 Å². The molecule has 1 aliphatic heterocycles. The molecule has 0 spiro atoms. The largest absolute Gasteiger partial charge is 0.479 e. The summed E-state index contributed by atoms with van der Waals surface area (Å²) >= 11 is 5.95. The number of anilines is 1. The molecule has 0 bridgehead atoms. The molecule has 2 heterocycles. The first kappa shape index (κ1) is 14.8. The highest BCUT2D eigenvalue weighted by Gasteiger charge is 2.32. The number of rotatable bonds is 3. The van der Waals surface area contributed by atoms with Gasteiger partial charge in [0.1, 0.15) is 11.6 Å². The van der Waals surface area contributed by atoms with E-state index in [1.54, 1.807) is 29.0 Å². The number of ether oxygens (including phenoxy) is 1. The van der Waals surface area contributed by atoms with Crippen LogP contribution in [-0.2, 0) is 11.8 Å². The van der Waals surface area contributed by atoms with Gasteiger partial charge >= 0.3 is 0 Å². The van der Waals surface area contributed by atoms with E-state index in [9.17, 15) is 9.18 Å². The number of piperidine rings is 1. The number of carbonyl (C=O) groups excluding carboxylic acids is 1. The molecule has 1 aromatic carbocycles. The molecule has 0 saturated carbocycles. The maximum atomic E-state index is 13.1. The lowest BCUT2D eigenvalue weighted by atomic mass is 10.1. The van der Waals surface area contributed by atoms with Gasteiger partial charge in [0.05, 0.1) is 16.9 Å². The van der Waals surface area contributed by atoms with E-state index in [-0.39, 0.29) is 10.9 Å². The number of carbonyl (C=O) groups is 1. The Morgan fingerprint density at radius 2 is 2.27 bits per heavy atom. The Morgan fingerprint density at radius 3 is 2.95 bits per heavy atom. The molecular formula is C15H15ClFN3O2. The lowest BCUT2D eigenvalue weighted by Crippen LogP contribution is -2.46. The second-order valence-electron chi connectivity index (χ2n) is 5.19. The fraction of sp³-hybridized carbons (Fsp3) is 0.333. The third-order valence-electron chi connectivity index (χ3n) is 3.56. The molecule has 0 aliphatic carbocycles. The van der Waals surface area contributed by atoms with Crippen LogP contribution in [-0.4, -0.2) is 28.3 Å². The van der Waals surface area contributed by atoms with Gasteiger partial charge in [-0.1, -0.05) is 11.6 Å². The van der Waals surface area contributed by atoms with Gasteiger partial charge in [-0.3, -0.25) is 9.48 Å². The van der Waals surface area contributed by atoms with Crippen LogP contribution in [0.3, 0.4) is 0 Å². The molecule has 1 aliphatic rings. The number of amides is 1. The minimum Gasteiger partial charge on any atom is -0.479 e. The van der Waals surface area contributed by atoms with Crippen molar-refractivity contribution in [3.05, 3.63) is 41.4 Å². The maximum Gasteiger partial charge on any atom is 0.268 e. The van der Waals surface area contributed by atoms with E-state index in [2.05, 4.69) is 5.10 Å². The first-order valence-corrected chi connectivity index (χ1v) is 7.34. The van der Waals surface area contributed by atoms with Crippen LogP contribution in [0.25, 0.3) is 0 Å². The lowest BCUT2D eigenvalue weighted by molar-refractivity contribution is -0.126. The van der Waals surface area contributed by atoms with E-state index in [0.29, 0.717) is 18.7 Å². The maximum absolute atomic E-state index is 13.1. The van der Waals surface area contributed by atoms with Crippen LogP contribution in [0.4, 0.5) is 10.1 Å². The molecule has 1 amide bonds. The van der Waals surface area contributed by atoms with E-state index in [4.69, 9.17) is 16.3 Å². The fourth-order valence-electron chi connectivity index (χ4n) is 2.48. The number of aromatic nitrogens is 2. The van der Waals surface area contributed by atoms with Crippen molar-refractivity contribution in [2.75, 3.05) is 11.4 Å². The summed E-state index contributed by atoms with van der Waals surface area (Å²) in [5.41, 5.74) is 0.742. The number of nitrogens with zero attached hydrogens (tertiary/aromatic N) is 3. The number of halogens is 2. The second kappa shape index (κ2) is 5.96. The molecule has 116 valence electrons. The summed E-state index contributed by atoms with van der Waals surface area (Å²) in [6.45, 7) is 0.627. The molecule has 1 fully saturated rings. The van der Waals surface area contributed by atoms with Gasteiger partial charge in [-0.25, -0.2) is 4.39 Å². The molecule has 1 atom stereocenters. The Balaban J connectivity index is 1.78. The minimum absolute atomic E-state index is 0.139. The van der Waals surface area contributed by atoms with E-state index < -0.39 is 11.9 Å². The molecule has 2 aromatic rings. The lowest BCUT2D eigenvalue weighted by Gasteiger charge is -2.31. The van der Waals surface area contributed by atoms with E-state index in [1.165, 1.54) is 18.2 Å². The van der Waals surface area contributed by atoms with Gasteiger partial charge in [0.2, 0.25) is 0 Å². The summed E-state index contributed by atoms with van der Waals surface area (Å²) in [6.07, 6.45) is 4.21. The van der Waals surface area contributed by atoms with Crippen LogP contribution in [0.15, 0.2) is 30.6 Å². The quantitative estimate of drug-likeness (QED) is 0.872. The van der Waals surface area contributed by atoms with Crippen molar-refractivity contribution < 1.29 is 13.9 Å². The molecule has 5 nitrogen and oxygen atoms in total. The highest BCUT2D eigenvalue weighted by molar-refractivity contribution is 6.32. The van der Waals surface area contributed by atoms with Crippen LogP contribution in [0, 0.1) is 5.82 Å². The molecule has 0 unspecified atom stereocenters. The van der Waals surface area contributed by atoms with Crippen LogP contribution >= 0.6 is 11.6 Å². The Morgan fingerprint density at radius 1 is 1.45 bits per heavy atom. The molecule has 1 aromatic heterocycles. The Bertz CT molecular complexity index is 704. The van der Waals surface area contributed by atoms with E-state index in [0.717, 1.165) is 12.1 Å². The topological polar surface area (TPSA) is 47.4 Å². The summed E-state index contributed by atoms with van der Waals surface area (Å²) in [7, 11) is 1.80. The second-order valence-corrected chi connectivity index (χ2v) is 5.59. The first-order chi connectivity index (χ1) is 10.5. The first-order valence-electron chi connectivity index (χ1n) is 6.96. The zero-order valence-corrected chi connectivity index (χ0v) is 12.8. The molecule has 1 saturated heterocycles. The standard InChI is InChI=1S/C15H15ClFN3O2/c1-19-9-11(8-18-19)20-6-2-3-14(15(20)21)22-13-5-4-10(17)7-12(13)16/h4-5,7-9,14H,2-3,6H2,1H3/t14-/m1/s1. The highest BCUT2D eigenvalue weighted by atomic mass is 35.5. The minimum atomic E-state index is -0.628. The number of hydrogen-bond acceptors (Lipinski definition) is 3. The summed E-state index contributed by atoms with van der Waals surface area (Å²) in [5, 5.41) is 4.24. The smallest absolute Gasteiger partial charge is 0.268 e. The SMILES string of the molecule is Cn1cc(N2CCC[C@@H](Oc3ccc(F)cc3Cl)C2=O)cn1. The van der Waals surface area contributed by atoms with Crippen molar-refractivity contribution in [1.29, 1.82) is 0 Å². The number of hydrogen-bond donors (Lipinski definition) is 0. The monoisotopic (exact) mass is 323 g/mol. The predicted molar refractivity (Wildman–Crippen MR) is 80.6 cm³/mol. The van der Waals surface area contributed by atoms with Gasteiger partial charge in [0.15, 0.2) is 6.10 Å². The number of benzene rings is 1. The van der Waals surface area contributed by atoms with Crippen LogP contribution in [0.2, 0.25) is 5.02 Å². The van der Waals surface area contributed by atoms with Crippen molar-refractivity contribution >= 4 is 23.2 Å². The van der Waals surface area contributed by atoms with Crippen molar-refractivity contribution in [3.8, 4) is 5.75 Å². The third kappa shape index (κ3) is 2.92. The van der Waals surface area contributed by atoms with Crippen LogP contribution < -0.4 is 9.64 Å². The van der Waals surface area contributed by atoms with Crippen molar-refractivity contribution in [1.82, 2.24) is 9.78 Å². The Labute approximate surface area is 132 Å². The van der Waals surface area contributed by atoms with Crippen molar-refractivity contribution in [3.63, 3.8) is 0 Å². The average molecular weight is 324 g/mol. The zero-order chi connectivity index (χ0) is 15.7. The van der Waals surface area contributed by atoms with Gasteiger partial charge in [-0.05, 0) is 31.0 Å². The summed E-state index contributed by atoms with van der Waals surface area (Å²) < 4.78 is 20.4. The van der Waals surface area contributed by atoms with Crippen LogP contribution in [0.1, 0.15) is 12.8 Å². The zero-order valence-electron chi connectivity index (χ0n) is 12.0. The van der Waals surface area contributed by atoms with Gasteiger partial charge in [-0.15, -0.1) is 0 Å². The molecule has 0 radical (unpaired) electrons. The molecule has 7 heteroatoms. The summed E-state index contributed by atoms with van der Waals surface area (Å²) in [5.74, 6) is -0.265. The molecule has 0 N–H and O–H groups in total. The number of aryl methyl sites for hydroxylation is 1.